The highest BCUT2D eigenvalue weighted by Gasteiger charge is 2.46. The van der Waals surface area contributed by atoms with Crippen LogP contribution in [-0.2, 0) is 15.9 Å². The molecule has 31 heavy (non-hydrogen) atoms. The molecule has 0 bridgehead atoms. The maximum atomic E-state index is 10.6. The van der Waals surface area contributed by atoms with Crippen LogP contribution in [0.2, 0.25) is 0 Å². The van der Waals surface area contributed by atoms with Gasteiger partial charge in [0, 0.05) is 6.61 Å². The van der Waals surface area contributed by atoms with Crippen molar-refractivity contribution >= 4 is 0 Å². The van der Waals surface area contributed by atoms with Crippen LogP contribution in [0.5, 0.6) is 5.75 Å². The minimum atomic E-state index is -1.23. The van der Waals surface area contributed by atoms with Gasteiger partial charge in [0.15, 0.2) is 0 Å². The highest BCUT2D eigenvalue weighted by atomic mass is 16.7. The molecule has 2 fully saturated rings. The topological polar surface area (TPSA) is 88.4 Å². The first-order valence-electron chi connectivity index (χ1n) is 11.7. The molecule has 1 aliphatic carbocycles. The Labute approximate surface area is 185 Å². The number of ether oxygens (including phenoxy) is 3. The Balaban J connectivity index is 1.54. The van der Waals surface area contributed by atoms with Crippen LogP contribution in [0.15, 0.2) is 36.9 Å². The number of aliphatic hydroxyl groups is 3. The van der Waals surface area contributed by atoms with Crippen molar-refractivity contribution in [3.63, 3.8) is 0 Å². The van der Waals surface area contributed by atoms with Crippen molar-refractivity contribution < 1.29 is 29.5 Å². The van der Waals surface area contributed by atoms with Crippen LogP contribution in [0, 0.1) is 5.92 Å². The maximum absolute atomic E-state index is 10.6. The average molecular weight is 435 g/mol. The number of hydrogen-bond acceptors (Lipinski definition) is 6. The molecule has 1 heterocycles. The minimum Gasteiger partial charge on any atom is -0.462 e. The van der Waals surface area contributed by atoms with Crippen LogP contribution in [0.4, 0.5) is 0 Å². The van der Waals surface area contributed by atoms with Gasteiger partial charge in [-0.2, -0.15) is 0 Å². The number of aliphatic hydroxyl groups excluding tert-OH is 3. The maximum Gasteiger partial charge on any atom is 0.229 e. The lowest BCUT2D eigenvalue weighted by Crippen LogP contribution is -2.61. The molecule has 1 aromatic carbocycles. The Hall–Kier alpha value is -1.44. The van der Waals surface area contributed by atoms with Gasteiger partial charge < -0.3 is 29.5 Å². The van der Waals surface area contributed by atoms with Crippen LogP contribution < -0.4 is 4.74 Å². The molecule has 0 radical (unpaired) electrons. The zero-order chi connectivity index (χ0) is 22.1. The molecule has 3 N–H and O–H groups in total. The molecule has 6 heteroatoms. The van der Waals surface area contributed by atoms with Crippen molar-refractivity contribution in [2.24, 2.45) is 5.92 Å². The summed E-state index contributed by atoms with van der Waals surface area (Å²) in [5.74, 6) is 1.41. The van der Waals surface area contributed by atoms with E-state index < -0.39 is 37.3 Å². The van der Waals surface area contributed by atoms with Crippen molar-refractivity contribution in [3.8, 4) is 5.75 Å². The second-order valence-corrected chi connectivity index (χ2v) is 8.80. The molecule has 2 aliphatic rings. The zero-order valence-corrected chi connectivity index (χ0v) is 18.4. The molecular formula is C25H38O6. The second-order valence-electron chi connectivity index (χ2n) is 8.80. The fraction of sp³-hybridized carbons (Fsp3) is 0.680. The number of hydrogen-bond donors (Lipinski definition) is 3. The van der Waals surface area contributed by atoms with Gasteiger partial charge in [-0.1, -0.05) is 63.2 Å². The van der Waals surface area contributed by atoms with Gasteiger partial charge in [0.1, 0.15) is 30.2 Å². The standard InChI is InChI=1S/C25H38O6/c1-2-8-18-12-14-20(15-13-18)30-25-24(23(28)22(27)21(17-26)31-25)29-16-7-6-11-19-9-4-3-5-10-19/h2,12-15,19,21-28H,1,3-11,16-17H2. The summed E-state index contributed by atoms with van der Waals surface area (Å²) in [6.45, 7) is 3.79. The van der Waals surface area contributed by atoms with E-state index >= 15 is 0 Å². The number of unbranched alkanes of at least 4 members (excludes halogenated alkanes) is 1. The van der Waals surface area contributed by atoms with Gasteiger partial charge in [-0.05, 0) is 36.5 Å². The predicted octanol–water partition coefficient (Wildman–Crippen LogP) is 3.37. The normalized spacial score (nSPS) is 29.6. The number of benzene rings is 1. The van der Waals surface area contributed by atoms with E-state index in [2.05, 4.69) is 6.58 Å². The lowest BCUT2D eigenvalue weighted by atomic mass is 9.86. The largest absolute Gasteiger partial charge is 0.462 e. The quantitative estimate of drug-likeness (QED) is 0.366. The first-order chi connectivity index (χ1) is 15.1. The van der Waals surface area contributed by atoms with Gasteiger partial charge in [-0.15, -0.1) is 6.58 Å². The first kappa shape index (κ1) is 24.2. The molecule has 1 saturated heterocycles. The molecule has 0 aromatic heterocycles. The monoisotopic (exact) mass is 434 g/mol. The minimum absolute atomic E-state index is 0.412. The Morgan fingerprint density at radius 1 is 1.03 bits per heavy atom. The second kappa shape index (κ2) is 12.6. The number of allylic oxidation sites excluding steroid dienone is 1. The van der Waals surface area contributed by atoms with E-state index in [1.807, 2.05) is 30.3 Å². The summed E-state index contributed by atoms with van der Waals surface area (Å²) in [4.78, 5) is 0. The van der Waals surface area contributed by atoms with Crippen molar-refractivity contribution in [2.75, 3.05) is 13.2 Å². The van der Waals surface area contributed by atoms with Crippen LogP contribution >= 0.6 is 0 Å². The van der Waals surface area contributed by atoms with Gasteiger partial charge in [0.2, 0.25) is 6.29 Å². The fourth-order valence-electron chi connectivity index (χ4n) is 4.56. The van der Waals surface area contributed by atoms with E-state index in [0.717, 1.165) is 30.7 Å². The molecule has 1 aliphatic heterocycles. The van der Waals surface area contributed by atoms with Gasteiger partial charge >= 0.3 is 0 Å². The van der Waals surface area contributed by atoms with Crippen LogP contribution in [-0.4, -0.2) is 59.2 Å². The molecule has 5 unspecified atom stereocenters. The molecule has 6 nitrogen and oxygen atoms in total. The SMILES string of the molecule is C=CCc1ccc(OC2OC(CO)C(O)C(O)C2OCCCCC2CCCCC2)cc1. The summed E-state index contributed by atoms with van der Waals surface area (Å²) in [5, 5.41) is 30.4. The third-order valence-electron chi connectivity index (χ3n) is 6.42. The van der Waals surface area contributed by atoms with Gasteiger partial charge in [-0.3, -0.25) is 0 Å². The molecule has 1 aromatic rings. The van der Waals surface area contributed by atoms with Gasteiger partial charge in [0.25, 0.3) is 0 Å². The third-order valence-corrected chi connectivity index (χ3v) is 6.42. The molecule has 5 atom stereocenters. The predicted molar refractivity (Wildman–Crippen MR) is 119 cm³/mol. The summed E-state index contributed by atoms with van der Waals surface area (Å²) in [5.41, 5.74) is 1.11. The van der Waals surface area contributed by atoms with Crippen LogP contribution in [0.1, 0.15) is 56.9 Å². The van der Waals surface area contributed by atoms with E-state index in [1.165, 1.54) is 38.5 Å². The van der Waals surface area contributed by atoms with Crippen molar-refractivity contribution in [3.05, 3.63) is 42.5 Å². The van der Waals surface area contributed by atoms with Crippen molar-refractivity contribution in [1.82, 2.24) is 0 Å². The Bertz CT molecular complexity index is 642. The molecule has 0 spiro atoms. The lowest BCUT2D eigenvalue weighted by Gasteiger charge is -2.41. The summed E-state index contributed by atoms with van der Waals surface area (Å²) >= 11 is 0. The summed E-state index contributed by atoms with van der Waals surface area (Å²) in [6, 6.07) is 7.54. The highest BCUT2D eigenvalue weighted by molar-refractivity contribution is 5.28. The molecule has 3 rings (SSSR count). The lowest BCUT2D eigenvalue weighted by molar-refractivity contribution is -0.287. The van der Waals surface area contributed by atoms with Gasteiger partial charge in [-0.25, -0.2) is 0 Å². The van der Waals surface area contributed by atoms with E-state index in [9.17, 15) is 15.3 Å². The molecule has 0 amide bonds. The smallest absolute Gasteiger partial charge is 0.229 e. The molecule has 1 saturated carbocycles. The van der Waals surface area contributed by atoms with Crippen molar-refractivity contribution in [2.45, 2.75) is 88.5 Å². The average Bonchev–Trinajstić information content (AvgIpc) is 2.79. The van der Waals surface area contributed by atoms with E-state index in [4.69, 9.17) is 14.2 Å². The Kier molecular flexibility index (Phi) is 9.81. The van der Waals surface area contributed by atoms with Crippen LogP contribution in [0.25, 0.3) is 0 Å². The van der Waals surface area contributed by atoms with Crippen LogP contribution in [0.3, 0.4) is 0 Å². The first-order valence-corrected chi connectivity index (χ1v) is 11.7. The van der Waals surface area contributed by atoms with Crippen molar-refractivity contribution in [1.29, 1.82) is 0 Å². The zero-order valence-electron chi connectivity index (χ0n) is 18.4. The Morgan fingerprint density at radius 2 is 1.77 bits per heavy atom. The fourth-order valence-corrected chi connectivity index (χ4v) is 4.56. The summed E-state index contributed by atoms with van der Waals surface area (Å²) < 4.78 is 17.6. The molecule has 174 valence electrons. The Morgan fingerprint density at radius 3 is 2.45 bits per heavy atom. The summed E-state index contributed by atoms with van der Waals surface area (Å²) in [6.07, 6.45) is 7.45. The highest BCUT2D eigenvalue weighted by Crippen LogP contribution is 2.29. The van der Waals surface area contributed by atoms with Gasteiger partial charge in [0.05, 0.1) is 6.61 Å². The van der Waals surface area contributed by atoms with E-state index in [1.54, 1.807) is 0 Å². The van der Waals surface area contributed by atoms with E-state index in [0.29, 0.717) is 12.4 Å². The number of rotatable bonds is 11. The summed E-state index contributed by atoms with van der Waals surface area (Å²) in [7, 11) is 0. The third kappa shape index (κ3) is 7.02. The molecular weight excluding hydrogens is 396 g/mol. The van der Waals surface area contributed by atoms with E-state index in [-0.39, 0.29) is 0 Å².